The van der Waals surface area contributed by atoms with Crippen LogP contribution < -0.4 is 0 Å². The number of hydrogen-bond donors (Lipinski definition) is 0. The van der Waals surface area contributed by atoms with E-state index in [4.69, 9.17) is 4.74 Å². The lowest BCUT2D eigenvalue weighted by Gasteiger charge is -2.26. The van der Waals surface area contributed by atoms with Crippen molar-refractivity contribution in [3.8, 4) is 0 Å². The van der Waals surface area contributed by atoms with Gasteiger partial charge in [-0.25, -0.2) is 8.42 Å². The maximum absolute atomic E-state index is 12.6. The van der Waals surface area contributed by atoms with Crippen LogP contribution in [-0.2, 0) is 14.8 Å². The first-order valence-corrected chi connectivity index (χ1v) is 9.49. The van der Waals surface area contributed by atoms with Crippen molar-refractivity contribution in [2.45, 2.75) is 43.0 Å². The van der Waals surface area contributed by atoms with Crippen molar-refractivity contribution < 1.29 is 13.2 Å². The van der Waals surface area contributed by atoms with Gasteiger partial charge in [-0.2, -0.15) is 4.31 Å². The molecule has 2 heterocycles. The average Bonchev–Trinajstić information content (AvgIpc) is 3.12. The zero-order valence-electron chi connectivity index (χ0n) is 11.9. The van der Waals surface area contributed by atoms with E-state index >= 15 is 0 Å². The van der Waals surface area contributed by atoms with Gasteiger partial charge in [0.2, 0.25) is 0 Å². The van der Waals surface area contributed by atoms with E-state index in [2.05, 4.69) is 13.8 Å². The molecule has 2 fully saturated rings. The fraction of sp³-hybridized carbons (Fsp3) is 0.714. The molecule has 0 N–H and O–H groups in total. The van der Waals surface area contributed by atoms with Crippen molar-refractivity contribution in [2.75, 3.05) is 13.2 Å². The van der Waals surface area contributed by atoms with Gasteiger partial charge in [-0.05, 0) is 30.2 Å². The Morgan fingerprint density at radius 1 is 1.45 bits per heavy atom. The largest absolute Gasteiger partial charge is 0.376 e. The third-order valence-corrected chi connectivity index (χ3v) is 7.41. The van der Waals surface area contributed by atoms with E-state index in [-0.39, 0.29) is 12.1 Å². The highest BCUT2D eigenvalue weighted by atomic mass is 32.2. The summed E-state index contributed by atoms with van der Waals surface area (Å²) in [5.41, 5.74) is 0. The van der Waals surface area contributed by atoms with Crippen LogP contribution in [0.15, 0.2) is 21.7 Å². The molecule has 1 saturated carbocycles. The molecule has 0 unspecified atom stereocenters. The van der Waals surface area contributed by atoms with Gasteiger partial charge in [-0.15, -0.1) is 11.3 Å². The number of sulfonamides is 1. The molecule has 20 heavy (non-hydrogen) atoms. The first-order valence-electron chi connectivity index (χ1n) is 7.17. The van der Waals surface area contributed by atoms with Crippen LogP contribution in [0, 0.1) is 11.8 Å². The number of hydrogen-bond acceptors (Lipinski definition) is 4. The lowest BCUT2D eigenvalue weighted by molar-refractivity contribution is 0.0182. The van der Waals surface area contributed by atoms with Crippen molar-refractivity contribution in [1.82, 2.24) is 4.31 Å². The van der Waals surface area contributed by atoms with Crippen LogP contribution in [-0.4, -0.2) is 38.0 Å². The quantitative estimate of drug-likeness (QED) is 0.839. The molecule has 1 saturated heterocycles. The third-order valence-electron chi connectivity index (χ3n) is 4.14. The zero-order valence-corrected chi connectivity index (χ0v) is 13.5. The Bertz CT molecular complexity index is 553. The summed E-state index contributed by atoms with van der Waals surface area (Å²) in [5.74, 6) is 0.853. The van der Waals surface area contributed by atoms with Gasteiger partial charge < -0.3 is 4.74 Å². The van der Waals surface area contributed by atoms with E-state index in [1.807, 2.05) is 5.38 Å². The summed E-state index contributed by atoms with van der Waals surface area (Å²) in [4.78, 5) is 0. The molecule has 4 nitrogen and oxygen atoms in total. The minimum atomic E-state index is -3.33. The first-order chi connectivity index (χ1) is 9.50. The molecule has 0 amide bonds. The minimum Gasteiger partial charge on any atom is -0.376 e. The average molecular weight is 315 g/mol. The maximum atomic E-state index is 12.6. The number of piperidine rings is 1. The highest BCUT2D eigenvalue weighted by Gasteiger charge is 2.52. The van der Waals surface area contributed by atoms with Crippen molar-refractivity contribution in [1.29, 1.82) is 0 Å². The van der Waals surface area contributed by atoms with Crippen LogP contribution in [0.3, 0.4) is 0 Å². The van der Waals surface area contributed by atoms with Crippen LogP contribution in [0.2, 0.25) is 0 Å². The fourth-order valence-corrected chi connectivity index (χ4v) is 6.09. The number of nitrogens with zero attached hydrogens (tertiary/aromatic N) is 1. The van der Waals surface area contributed by atoms with Crippen molar-refractivity contribution in [2.24, 2.45) is 11.8 Å². The second-order valence-corrected chi connectivity index (χ2v) is 9.17. The summed E-state index contributed by atoms with van der Waals surface area (Å²) < 4.78 is 33.4. The lowest BCUT2D eigenvalue weighted by atomic mass is 10.1. The summed E-state index contributed by atoms with van der Waals surface area (Å²) in [5, 5.41) is 1.81. The highest BCUT2D eigenvalue weighted by molar-refractivity contribution is 7.91. The lowest BCUT2D eigenvalue weighted by Crippen LogP contribution is -2.39. The summed E-state index contributed by atoms with van der Waals surface area (Å²) in [6.07, 6.45) is 2.11. The predicted molar refractivity (Wildman–Crippen MR) is 79.3 cm³/mol. The number of ether oxygens (including phenoxy) is 1. The highest BCUT2D eigenvalue weighted by Crippen LogP contribution is 2.43. The predicted octanol–water partition coefficient (Wildman–Crippen LogP) is 2.57. The SMILES string of the molecule is CC(C)CO[C@H]1[C@H]2CC[C@H]1N(S(=O)(=O)c1cccs1)C2. The van der Waals surface area contributed by atoms with Crippen molar-refractivity contribution >= 4 is 21.4 Å². The molecule has 2 aliphatic rings. The Kier molecular flexibility index (Phi) is 3.92. The maximum Gasteiger partial charge on any atom is 0.252 e. The number of rotatable bonds is 5. The van der Waals surface area contributed by atoms with E-state index in [0.717, 1.165) is 12.8 Å². The molecule has 1 aliphatic heterocycles. The van der Waals surface area contributed by atoms with Gasteiger partial charge in [-0.3, -0.25) is 0 Å². The molecule has 1 aromatic rings. The Balaban J connectivity index is 1.78. The molecular weight excluding hydrogens is 294 g/mol. The second-order valence-electron chi connectivity index (χ2n) is 6.10. The monoisotopic (exact) mass is 315 g/mol. The molecular formula is C14H21NO3S2. The summed E-state index contributed by atoms with van der Waals surface area (Å²) in [6, 6.07) is 3.51. The Morgan fingerprint density at radius 2 is 2.25 bits per heavy atom. The Labute approximate surface area is 124 Å². The normalized spacial score (nSPS) is 30.4. The molecule has 6 heteroatoms. The number of fused-ring (bicyclic) bond motifs is 2. The van der Waals surface area contributed by atoms with Crippen molar-refractivity contribution in [3.05, 3.63) is 17.5 Å². The van der Waals surface area contributed by atoms with Gasteiger partial charge in [0.25, 0.3) is 10.0 Å². The van der Waals surface area contributed by atoms with Crippen LogP contribution >= 0.6 is 11.3 Å². The molecule has 0 radical (unpaired) electrons. The number of thiophene rings is 1. The van der Waals surface area contributed by atoms with Gasteiger partial charge in [0, 0.05) is 19.1 Å². The van der Waals surface area contributed by atoms with Crippen LogP contribution in [0.25, 0.3) is 0 Å². The van der Waals surface area contributed by atoms with Gasteiger partial charge in [-0.1, -0.05) is 19.9 Å². The van der Waals surface area contributed by atoms with E-state index < -0.39 is 10.0 Å². The molecule has 1 aliphatic carbocycles. The standard InChI is InChI=1S/C14H21NO3S2/c1-10(2)9-18-14-11-5-6-12(14)15(8-11)20(16,17)13-4-3-7-19-13/h3-4,7,10-12,14H,5-6,8-9H2,1-2H3/t11-,12+,14-/m0/s1. The van der Waals surface area contributed by atoms with Gasteiger partial charge in [0.1, 0.15) is 4.21 Å². The van der Waals surface area contributed by atoms with Crippen LogP contribution in [0.1, 0.15) is 26.7 Å². The fourth-order valence-electron chi connectivity index (χ4n) is 3.25. The van der Waals surface area contributed by atoms with Crippen molar-refractivity contribution in [3.63, 3.8) is 0 Å². The molecule has 1 aromatic heterocycles. The zero-order chi connectivity index (χ0) is 14.3. The molecule has 3 atom stereocenters. The van der Waals surface area contributed by atoms with E-state index in [1.165, 1.54) is 11.3 Å². The molecule has 0 aromatic carbocycles. The van der Waals surface area contributed by atoms with E-state index in [9.17, 15) is 8.42 Å². The topological polar surface area (TPSA) is 46.6 Å². The Hall–Kier alpha value is -0.430. The minimum absolute atomic E-state index is 0.0332. The Morgan fingerprint density at radius 3 is 2.90 bits per heavy atom. The third kappa shape index (κ3) is 2.43. The molecule has 0 spiro atoms. The first kappa shape index (κ1) is 14.5. The second kappa shape index (κ2) is 5.40. The van der Waals surface area contributed by atoms with Crippen LogP contribution in [0.4, 0.5) is 0 Å². The van der Waals surface area contributed by atoms with Gasteiger partial charge in [0.05, 0.1) is 12.1 Å². The summed E-state index contributed by atoms with van der Waals surface area (Å²) in [7, 11) is -3.33. The molecule has 112 valence electrons. The summed E-state index contributed by atoms with van der Waals surface area (Å²) in [6.45, 7) is 5.58. The molecule has 2 bridgehead atoms. The smallest absolute Gasteiger partial charge is 0.252 e. The van der Waals surface area contributed by atoms with Gasteiger partial charge in [0.15, 0.2) is 0 Å². The summed E-state index contributed by atoms with van der Waals surface area (Å²) >= 11 is 1.29. The molecule has 3 rings (SSSR count). The van der Waals surface area contributed by atoms with Crippen LogP contribution in [0.5, 0.6) is 0 Å². The van der Waals surface area contributed by atoms with E-state index in [1.54, 1.807) is 16.4 Å². The van der Waals surface area contributed by atoms with E-state index in [0.29, 0.717) is 29.2 Å². The van der Waals surface area contributed by atoms with Gasteiger partial charge >= 0.3 is 0 Å².